The van der Waals surface area contributed by atoms with Gasteiger partial charge >= 0.3 is 0 Å². The molecule has 0 saturated heterocycles. The highest BCUT2D eigenvalue weighted by Crippen LogP contribution is 2.41. The van der Waals surface area contributed by atoms with E-state index in [9.17, 15) is 0 Å². The summed E-state index contributed by atoms with van der Waals surface area (Å²) in [5.74, 6) is 0. The summed E-state index contributed by atoms with van der Waals surface area (Å²) < 4.78 is 0. The van der Waals surface area contributed by atoms with Gasteiger partial charge in [0.2, 0.25) is 0 Å². The minimum atomic E-state index is 0.935. The van der Waals surface area contributed by atoms with Crippen LogP contribution in [0.1, 0.15) is 17.5 Å². The molecular weight excluding hydrogens is 228 g/mol. The van der Waals surface area contributed by atoms with Crippen molar-refractivity contribution in [3.8, 4) is 0 Å². The Morgan fingerprint density at radius 1 is 0.947 bits per heavy atom. The van der Waals surface area contributed by atoms with Crippen LogP contribution in [-0.2, 0) is 0 Å². The van der Waals surface area contributed by atoms with Crippen molar-refractivity contribution < 1.29 is 0 Å². The predicted molar refractivity (Wildman–Crippen MR) is 84.1 cm³/mol. The van der Waals surface area contributed by atoms with Gasteiger partial charge in [-0.15, -0.1) is 6.58 Å². The predicted octanol–water partition coefficient (Wildman–Crippen LogP) is 5.42. The molecule has 19 heavy (non-hydrogen) atoms. The fraction of sp³-hybridized carbons (Fsp3) is 0.0526. The maximum atomic E-state index is 3.87. The molecule has 0 bridgehead atoms. The van der Waals surface area contributed by atoms with Crippen molar-refractivity contribution in [2.75, 3.05) is 0 Å². The van der Waals surface area contributed by atoms with E-state index in [-0.39, 0.29) is 0 Å². The van der Waals surface area contributed by atoms with Crippen LogP contribution in [0.5, 0.6) is 0 Å². The highest BCUT2D eigenvalue weighted by Gasteiger charge is 2.16. The Hall–Kier alpha value is -2.34. The summed E-state index contributed by atoms with van der Waals surface area (Å²) in [4.78, 5) is 0. The molecule has 0 fully saturated rings. The summed E-state index contributed by atoms with van der Waals surface area (Å²) in [7, 11) is 0. The van der Waals surface area contributed by atoms with E-state index in [2.05, 4.69) is 61.2 Å². The molecule has 0 spiro atoms. The molecule has 90 valence electrons. The molecule has 0 radical (unpaired) electrons. The minimum absolute atomic E-state index is 0.935. The topological polar surface area (TPSA) is 0 Å². The molecule has 3 aromatic rings. The first-order chi connectivity index (χ1) is 9.38. The Morgan fingerprint density at radius 2 is 1.79 bits per heavy atom. The Kier molecular flexibility index (Phi) is 2.13. The van der Waals surface area contributed by atoms with Gasteiger partial charge in [0.1, 0.15) is 0 Å². The van der Waals surface area contributed by atoms with Crippen LogP contribution in [0.3, 0.4) is 0 Å². The molecule has 0 atom stereocenters. The number of hydrogen-bond donors (Lipinski definition) is 0. The van der Waals surface area contributed by atoms with E-state index < -0.39 is 0 Å². The van der Waals surface area contributed by atoms with Gasteiger partial charge in [-0.2, -0.15) is 0 Å². The fourth-order valence-corrected chi connectivity index (χ4v) is 3.17. The van der Waals surface area contributed by atoms with Gasteiger partial charge in [0.05, 0.1) is 0 Å². The van der Waals surface area contributed by atoms with Crippen LogP contribution in [0.2, 0.25) is 0 Å². The maximum Gasteiger partial charge on any atom is -0.00294 e. The first kappa shape index (κ1) is 10.6. The van der Waals surface area contributed by atoms with Crippen LogP contribution >= 0.6 is 0 Å². The lowest BCUT2D eigenvalue weighted by atomic mass is 9.96. The third-order valence-electron chi connectivity index (χ3n) is 3.96. The highest BCUT2D eigenvalue weighted by atomic mass is 14.2. The maximum absolute atomic E-state index is 3.87. The van der Waals surface area contributed by atoms with Crippen molar-refractivity contribution in [3.05, 3.63) is 72.3 Å². The second kappa shape index (κ2) is 3.83. The summed E-state index contributed by atoms with van der Waals surface area (Å²) >= 11 is 0. The van der Waals surface area contributed by atoms with Crippen LogP contribution in [0.4, 0.5) is 0 Å². The zero-order valence-corrected chi connectivity index (χ0v) is 10.7. The Balaban J connectivity index is 2.18. The third-order valence-corrected chi connectivity index (χ3v) is 3.96. The Labute approximate surface area is 112 Å². The van der Waals surface area contributed by atoms with Crippen LogP contribution < -0.4 is 0 Å². The monoisotopic (exact) mass is 242 g/mol. The molecular formula is C19H14. The molecule has 4 rings (SSSR count). The lowest BCUT2D eigenvalue weighted by Gasteiger charge is -2.07. The van der Waals surface area contributed by atoms with Gasteiger partial charge in [0.25, 0.3) is 0 Å². The lowest BCUT2D eigenvalue weighted by molar-refractivity contribution is 1.44. The first-order valence-electron chi connectivity index (χ1n) is 6.65. The molecule has 0 saturated carbocycles. The van der Waals surface area contributed by atoms with E-state index in [1.807, 2.05) is 6.08 Å². The van der Waals surface area contributed by atoms with Crippen molar-refractivity contribution in [2.24, 2.45) is 0 Å². The van der Waals surface area contributed by atoms with Gasteiger partial charge in [-0.05, 0) is 50.7 Å². The van der Waals surface area contributed by atoms with Crippen molar-refractivity contribution in [1.82, 2.24) is 0 Å². The van der Waals surface area contributed by atoms with Crippen LogP contribution in [-0.4, -0.2) is 0 Å². The zero-order chi connectivity index (χ0) is 12.8. The minimum Gasteiger partial charge on any atom is -0.103 e. The SMILES string of the molecule is C=CCC1=Cc2cc3ccccc3c3cccc1c23. The van der Waals surface area contributed by atoms with Gasteiger partial charge in [0.15, 0.2) is 0 Å². The lowest BCUT2D eigenvalue weighted by Crippen LogP contribution is -1.83. The van der Waals surface area contributed by atoms with Crippen molar-refractivity contribution in [3.63, 3.8) is 0 Å². The summed E-state index contributed by atoms with van der Waals surface area (Å²) in [5.41, 5.74) is 4.10. The molecule has 0 unspecified atom stereocenters. The largest absolute Gasteiger partial charge is 0.103 e. The van der Waals surface area contributed by atoms with E-state index in [1.54, 1.807) is 0 Å². The summed E-state index contributed by atoms with van der Waals surface area (Å²) in [6, 6.07) is 17.5. The second-order valence-corrected chi connectivity index (χ2v) is 5.08. The first-order valence-corrected chi connectivity index (χ1v) is 6.65. The molecule has 1 aliphatic carbocycles. The third kappa shape index (κ3) is 1.40. The van der Waals surface area contributed by atoms with E-state index in [1.165, 1.54) is 38.2 Å². The molecule has 0 heterocycles. The molecule has 0 nitrogen and oxygen atoms in total. The number of benzene rings is 3. The molecule has 0 heteroatoms. The number of allylic oxidation sites excluding steroid dienone is 2. The number of fused-ring (bicyclic) bond motifs is 2. The van der Waals surface area contributed by atoms with E-state index >= 15 is 0 Å². The standard InChI is InChI=1S/C19H14/c1-2-6-13-11-15-12-14-7-3-4-8-16(14)18-10-5-9-17(13)19(15)18/h2-5,7-12H,1,6H2. The van der Waals surface area contributed by atoms with Gasteiger partial charge in [-0.3, -0.25) is 0 Å². The van der Waals surface area contributed by atoms with E-state index in [4.69, 9.17) is 0 Å². The molecule has 0 amide bonds. The fourth-order valence-electron chi connectivity index (χ4n) is 3.17. The average molecular weight is 242 g/mol. The molecule has 0 N–H and O–H groups in total. The van der Waals surface area contributed by atoms with Crippen molar-refractivity contribution >= 4 is 33.2 Å². The second-order valence-electron chi connectivity index (χ2n) is 5.08. The Bertz CT molecular complexity index is 850. The van der Waals surface area contributed by atoms with Crippen LogP contribution in [0.25, 0.3) is 33.2 Å². The zero-order valence-electron chi connectivity index (χ0n) is 10.7. The molecule has 0 aromatic heterocycles. The average Bonchev–Trinajstić information content (AvgIpc) is 2.79. The van der Waals surface area contributed by atoms with E-state index in [0.717, 1.165) is 6.42 Å². The van der Waals surface area contributed by atoms with Crippen LogP contribution in [0.15, 0.2) is 61.2 Å². The summed E-state index contributed by atoms with van der Waals surface area (Å²) in [6.07, 6.45) is 5.23. The summed E-state index contributed by atoms with van der Waals surface area (Å²) in [6.45, 7) is 3.87. The highest BCUT2D eigenvalue weighted by molar-refractivity contribution is 6.18. The quantitative estimate of drug-likeness (QED) is 0.415. The molecule has 3 aromatic carbocycles. The summed E-state index contributed by atoms with van der Waals surface area (Å²) in [5, 5.41) is 5.42. The Morgan fingerprint density at radius 3 is 2.68 bits per heavy atom. The molecule has 0 aliphatic heterocycles. The smallest absolute Gasteiger partial charge is 0.00294 e. The molecule has 1 aliphatic rings. The normalized spacial score (nSPS) is 12.9. The number of hydrogen-bond acceptors (Lipinski definition) is 0. The van der Waals surface area contributed by atoms with Gasteiger partial charge < -0.3 is 0 Å². The van der Waals surface area contributed by atoms with E-state index in [0.29, 0.717) is 0 Å². The van der Waals surface area contributed by atoms with Gasteiger partial charge in [-0.1, -0.05) is 54.6 Å². The van der Waals surface area contributed by atoms with Crippen LogP contribution in [0, 0.1) is 0 Å². The number of rotatable bonds is 2. The van der Waals surface area contributed by atoms with Crippen molar-refractivity contribution in [2.45, 2.75) is 6.42 Å². The van der Waals surface area contributed by atoms with Gasteiger partial charge in [-0.25, -0.2) is 0 Å². The van der Waals surface area contributed by atoms with Crippen molar-refractivity contribution in [1.29, 1.82) is 0 Å². The van der Waals surface area contributed by atoms with Gasteiger partial charge in [0, 0.05) is 0 Å².